The fraction of sp³-hybridized carbons (Fsp3) is 0.304. The number of nitrogens with one attached hydrogen (secondary N) is 1. The van der Waals surface area contributed by atoms with E-state index in [0.29, 0.717) is 15.7 Å². The Morgan fingerprint density at radius 1 is 1.18 bits per heavy atom. The molecule has 0 saturated carbocycles. The maximum Gasteiger partial charge on any atom is 0.341 e. The van der Waals surface area contributed by atoms with Crippen LogP contribution in [0.5, 0.6) is 5.75 Å². The Labute approximate surface area is 199 Å². The van der Waals surface area contributed by atoms with Gasteiger partial charge in [-0.3, -0.25) is 9.20 Å². The second kappa shape index (κ2) is 9.40. The molecule has 0 atom stereocenters. The second-order valence-corrected chi connectivity index (χ2v) is 9.61. The topological polar surface area (TPSA) is 94.8 Å². The number of pyridine rings is 1. The summed E-state index contributed by atoms with van der Waals surface area (Å²) >= 11 is 2.66. The monoisotopic (exact) mass is 484 g/mol. The molecule has 8 nitrogen and oxygen atoms in total. The molecular weight excluding hydrogens is 460 g/mol. The number of amides is 1. The molecule has 0 fully saturated rings. The summed E-state index contributed by atoms with van der Waals surface area (Å²) in [6.45, 7) is 7.77. The first kappa shape index (κ1) is 23.1. The van der Waals surface area contributed by atoms with E-state index >= 15 is 0 Å². The Morgan fingerprint density at radius 3 is 2.70 bits per heavy atom. The highest BCUT2D eigenvalue weighted by molar-refractivity contribution is 7.99. The molecule has 0 spiro atoms. The fourth-order valence-electron chi connectivity index (χ4n) is 3.57. The van der Waals surface area contributed by atoms with Crippen LogP contribution >= 0.6 is 23.1 Å². The van der Waals surface area contributed by atoms with Crippen LogP contribution in [-0.4, -0.2) is 45.9 Å². The number of ether oxygens (including phenoxy) is 2. The molecule has 0 radical (unpaired) electrons. The van der Waals surface area contributed by atoms with Gasteiger partial charge in [-0.1, -0.05) is 11.8 Å². The van der Waals surface area contributed by atoms with Gasteiger partial charge in [-0.2, -0.15) is 0 Å². The zero-order valence-corrected chi connectivity index (χ0v) is 20.6. The highest BCUT2D eigenvalue weighted by Gasteiger charge is 2.22. The molecule has 33 heavy (non-hydrogen) atoms. The number of carbonyl (C=O) groups is 2. The number of thiophene rings is 1. The summed E-state index contributed by atoms with van der Waals surface area (Å²) in [5.74, 6) is 0.220. The Bertz CT molecular complexity index is 1380. The number of methoxy groups -OCH3 is 1. The van der Waals surface area contributed by atoms with Gasteiger partial charge in [0, 0.05) is 10.3 Å². The molecule has 4 aromatic rings. The molecule has 0 aliphatic rings. The van der Waals surface area contributed by atoms with E-state index in [1.54, 1.807) is 14.0 Å². The predicted molar refractivity (Wildman–Crippen MR) is 131 cm³/mol. The number of thioether (sulfide) groups is 1. The highest BCUT2D eigenvalue weighted by atomic mass is 32.2. The minimum Gasteiger partial charge on any atom is -0.497 e. The van der Waals surface area contributed by atoms with E-state index in [0.717, 1.165) is 38.3 Å². The van der Waals surface area contributed by atoms with E-state index in [4.69, 9.17) is 9.47 Å². The van der Waals surface area contributed by atoms with Gasteiger partial charge in [-0.05, 0) is 63.1 Å². The maximum absolute atomic E-state index is 12.8. The third-order valence-corrected chi connectivity index (χ3v) is 7.34. The maximum atomic E-state index is 12.8. The largest absolute Gasteiger partial charge is 0.497 e. The van der Waals surface area contributed by atoms with Crippen LogP contribution in [-0.2, 0) is 9.53 Å². The Kier molecular flexibility index (Phi) is 6.57. The van der Waals surface area contributed by atoms with Gasteiger partial charge in [0.05, 0.1) is 30.5 Å². The van der Waals surface area contributed by atoms with Crippen molar-refractivity contribution >= 4 is 56.5 Å². The van der Waals surface area contributed by atoms with Crippen molar-refractivity contribution in [1.82, 2.24) is 14.6 Å². The van der Waals surface area contributed by atoms with Crippen molar-refractivity contribution in [1.29, 1.82) is 0 Å². The molecule has 0 bridgehead atoms. The minimum absolute atomic E-state index is 0.116. The summed E-state index contributed by atoms with van der Waals surface area (Å²) in [4.78, 5) is 26.1. The highest BCUT2D eigenvalue weighted by Crippen LogP contribution is 2.33. The van der Waals surface area contributed by atoms with Crippen molar-refractivity contribution in [2.45, 2.75) is 32.9 Å². The van der Waals surface area contributed by atoms with Crippen LogP contribution in [0, 0.1) is 20.8 Å². The molecule has 0 saturated heterocycles. The summed E-state index contributed by atoms with van der Waals surface area (Å²) in [7, 11) is 1.63. The third-order valence-electron chi connectivity index (χ3n) is 5.28. The molecule has 1 N–H and O–H groups in total. The molecule has 10 heteroatoms. The van der Waals surface area contributed by atoms with E-state index in [1.807, 2.05) is 49.4 Å². The standard InChI is InChI=1S/C23H24N4O4S2/c1-6-31-22(29)19-13(3)14(4)33-21(19)24-18(28)11-32-23-26-25-20-12(2)9-15-10-16(30-5)7-8-17(15)27(20)23/h7-10H,6,11H2,1-5H3,(H,24,28). The third kappa shape index (κ3) is 4.40. The number of hydrogen-bond donors (Lipinski definition) is 1. The normalized spacial score (nSPS) is 11.2. The second-order valence-electron chi connectivity index (χ2n) is 7.44. The number of aromatic nitrogens is 3. The van der Waals surface area contributed by atoms with E-state index in [1.165, 1.54) is 23.1 Å². The number of rotatable bonds is 7. The first-order chi connectivity index (χ1) is 15.8. The van der Waals surface area contributed by atoms with Crippen molar-refractivity contribution < 1.29 is 19.1 Å². The average Bonchev–Trinajstić information content (AvgIpc) is 3.33. The van der Waals surface area contributed by atoms with Gasteiger partial charge in [0.15, 0.2) is 10.8 Å². The minimum atomic E-state index is -0.428. The number of nitrogens with zero attached hydrogens (tertiary/aromatic N) is 3. The first-order valence-corrected chi connectivity index (χ1v) is 12.2. The summed E-state index contributed by atoms with van der Waals surface area (Å²) < 4.78 is 12.5. The van der Waals surface area contributed by atoms with Crippen LogP contribution < -0.4 is 10.1 Å². The van der Waals surface area contributed by atoms with E-state index < -0.39 is 5.97 Å². The van der Waals surface area contributed by atoms with Crippen LogP contribution in [0.4, 0.5) is 5.00 Å². The summed E-state index contributed by atoms with van der Waals surface area (Å²) in [5.41, 5.74) is 3.88. The quantitative estimate of drug-likeness (QED) is 0.298. The summed E-state index contributed by atoms with van der Waals surface area (Å²) in [6, 6.07) is 7.84. The van der Waals surface area contributed by atoms with Crippen molar-refractivity contribution in [2.75, 3.05) is 24.8 Å². The number of esters is 1. The van der Waals surface area contributed by atoms with Crippen LogP contribution in [0.1, 0.15) is 33.3 Å². The zero-order chi connectivity index (χ0) is 23.7. The summed E-state index contributed by atoms with van der Waals surface area (Å²) in [5, 5.41) is 13.6. The van der Waals surface area contributed by atoms with Crippen molar-refractivity contribution in [3.05, 3.63) is 45.8 Å². The van der Waals surface area contributed by atoms with Crippen molar-refractivity contribution in [3.8, 4) is 5.75 Å². The van der Waals surface area contributed by atoms with Crippen LogP contribution in [0.3, 0.4) is 0 Å². The fourth-order valence-corrected chi connectivity index (χ4v) is 5.38. The zero-order valence-electron chi connectivity index (χ0n) is 19.0. The predicted octanol–water partition coefficient (Wildman–Crippen LogP) is 4.79. The molecular formula is C23H24N4O4S2. The summed E-state index contributed by atoms with van der Waals surface area (Å²) in [6.07, 6.45) is 0. The molecule has 1 amide bonds. The van der Waals surface area contributed by atoms with Gasteiger partial charge < -0.3 is 14.8 Å². The average molecular weight is 485 g/mol. The number of fused-ring (bicyclic) bond motifs is 3. The Balaban J connectivity index is 1.58. The molecule has 0 aliphatic heterocycles. The van der Waals surface area contributed by atoms with Gasteiger partial charge in [-0.25, -0.2) is 4.79 Å². The van der Waals surface area contributed by atoms with Gasteiger partial charge in [-0.15, -0.1) is 21.5 Å². The Hall–Kier alpha value is -3.11. The van der Waals surface area contributed by atoms with Gasteiger partial charge >= 0.3 is 5.97 Å². The molecule has 172 valence electrons. The number of benzene rings is 1. The van der Waals surface area contributed by atoms with E-state index in [2.05, 4.69) is 15.5 Å². The van der Waals surface area contributed by atoms with Gasteiger partial charge in [0.2, 0.25) is 5.91 Å². The number of aryl methyl sites for hydroxylation is 2. The van der Waals surface area contributed by atoms with Crippen molar-refractivity contribution in [2.24, 2.45) is 0 Å². The van der Waals surface area contributed by atoms with Crippen molar-refractivity contribution in [3.63, 3.8) is 0 Å². The number of anilines is 1. The van der Waals surface area contributed by atoms with Crippen LogP contribution in [0.2, 0.25) is 0 Å². The molecule has 3 heterocycles. The lowest BCUT2D eigenvalue weighted by molar-refractivity contribution is -0.113. The SMILES string of the molecule is CCOC(=O)c1c(NC(=O)CSc2nnc3c(C)cc4cc(OC)ccc4n23)sc(C)c1C. The lowest BCUT2D eigenvalue weighted by Gasteiger charge is -2.09. The molecule has 0 aliphatic carbocycles. The molecule has 1 aromatic carbocycles. The lowest BCUT2D eigenvalue weighted by atomic mass is 10.1. The number of carbonyl (C=O) groups excluding carboxylic acids is 2. The van der Waals surface area contributed by atoms with Gasteiger partial charge in [0.1, 0.15) is 10.8 Å². The smallest absolute Gasteiger partial charge is 0.341 e. The first-order valence-electron chi connectivity index (χ1n) is 10.4. The molecule has 4 rings (SSSR count). The van der Waals surface area contributed by atoms with Crippen LogP contribution in [0.15, 0.2) is 29.4 Å². The molecule has 0 unspecified atom stereocenters. The molecule has 3 aromatic heterocycles. The van der Waals surface area contributed by atoms with E-state index in [-0.39, 0.29) is 18.3 Å². The Morgan fingerprint density at radius 2 is 1.97 bits per heavy atom. The lowest BCUT2D eigenvalue weighted by Crippen LogP contribution is -2.16. The number of hydrogen-bond acceptors (Lipinski definition) is 8. The van der Waals surface area contributed by atoms with E-state index in [9.17, 15) is 9.59 Å². The van der Waals surface area contributed by atoms with Crippen LogP contribution in [0.25, 0.3) is 16.6 Å². The van der Waals surface area contributed by atoms with Gasteiger partial charge in [0.25, 0.3) is 0 Å².